The number of fused-ring (bicyclic) bond motifs is 1. The fraction of sp³-hybridized carbons (Fsp3) is 0.100. The van der Waals surface area contributed by atoms with Gasteiger partial charge >= 0.3 is 0 Å². The van der Waals surface area contributed by atoms with Crippen molar-refractivity contribution < 1.29 is 0 Å². The molecule has 0 amide bonds. The van der Waals surface area contributed by atoms with E-state index in [0.717, 1.165) is 20.8 Å². The maximum Gasteiger partial charge on any atom is 0.0474 e. The van der Waals surface area contributed by atoms with E-state index in [1.54, 1.807) is 6.20 Å². The van der Waals surface area contributed by atoms with Gasteiger partial charge in [0, 0.05) is 28.1 Å². The third-order valence-electron chi connectivity index (χ3n) is 1.93. The SMILES string of the molecule is ClCc1ccc2cncc(Br)c2c1. The van der Waals surface area contributed by atoms with Gasteiger partial charge in [-0.15, -0.1) is 11.6 Å². The summed E-state index contributed by atoms with van der Waals surface area (Å²) in [7, 11) is 0. The number of pyridine rings is 1. The summed E-state index contributed by atoms with van der Waals surface area (Å²) in [6, 6.07) is 6.13. The molecule has 0 atom stereocenters. The Labute approximate surface area is 89.9 Å². The molecule has 0 N–H and O–H groups in total. The highest BCUT2D eigenvalue weighted by Gasteiger charge is 1.99. The number of hydrogen-bond acceptors (Lipinski definition) is 1. The first-order valence-corrected chi connectivity index (χ1v) is 5.22. The molecular formula is C10H7BrClN. The van der Waals surface area contributed by atoms with E-state index in [-0.39, 0.29) is 0 Å². The first-order valence-electron chi connectivity index (χ1n) is 3.89. The fourth-order valence-electron chi connectivity index (χ4n) is 1.26. The van der Waals surface area contributed by atoms with Gasteiger partial charge in [-0.25, -0.2) is 0 Å². The van der Waals surface area contributed by atoms with E-state index in [1.807, 2.05) is 18.3 Å². The van der Waals surface area contributed by atoms with Crippen molar-refractivity contribution in [3.8, 4) is 0 Å². The minimum Gasteiger partial charge on any atom is -0.263 e. The number of hydrogen-bond donors (Lipinski definition) is 0. The van der Waals surface area contributed by atoms with Gasteiger partial charge in [0.05, 0.1) is 0 Å². The second-order valence-corrected chi connectivity index (χ2v) is 3.93. The van der Waals surface area contributed by atoms with Crippen LogP contribution in [0.1, 0.15) is 5.56 Å². The highest BCUT2D eigenvalue weighted by atomic mass is 79.9. The van der Waals surface area contributed by atoms with E-state index in [2.05, 4.69) is 27.0 Å². The highest BCUT2D eigenvalue weighted by Crippen LogP contribution is 2.23. The van der Waals surface area contributed by atoms with Crippen LogP contribution in [0.5, 0.6) is 0 Å². The number of rotatable bonds is 1. The lowest BCUT2D eigenvalue weighted by Gasteiger charge is -2.01. The van der Waals surface area contributed by atoms with Crippen LogP contribution >= 0.6 is 27.5 Å². The second kappa shape index (κ2) is 3.64. The Hall–Kier alpha value is -0.600. The molecule has 0 unspecified atom stereocenters. The van der Waals surface area contributed by atoms with E-state index >= 15 is 0 Å². The lowest BCUT2D eigenvalue weighted by molar-refractivity contribution is 1.34. The molecule has 0 radical (unpaired) electrons. The fourth-order valence-corrected chi connectivity index (χ4v) is 1.89. The number of alkyl halides is 1. The smallest absolute Gasteiger partial charge is 0.0474 e. The van der Waals surface area contributed by atoms with Crippen molar-refractivity contribution in [3.05, 3.63) is 40.6 Å². The molecule has 0 aliphatic rings. The van der Waals surface area contributed by atoms with Crippen molar-refractivity contribution in [2.75, 3.05) is 0 Å². The average Bonchev–Trinajstić information content (AvgIpc) is 2.18. The van der Waals surface area contributed by atoms with Crippen molar-refractivity contribution in [2.45, 2.75) is 5.88 Å². The Balaban J connectivity index is 2.74. The predicted molar refractivity (Wildman–Crippen MR) is 59.0 cm³/mol. The molecular weight excluding hydrogens is 249 g/mol. The van der Waals surface area contributed by atoms with E-state index in [0.29, 0.717) is 5.88 Å². The summed E-state index contributed by atoms with van der Waals surface area (Å²) in [4.78, 5) is 4.09. The zero-order valence-corrected chi connectivity index (χ0v) is 9.14. The quantitative estimate of drug-likeness (QED) is 0.708. The minimum absolute atomic E-state index is 0.546. The molecule has 0 spiro atoms. The molecule has 0 fully saturated rings. The highest BCUT2D eigenvalue weighted by molar-refractivity contribution is 9.10. The van der Waals surface area contributed by atoms with Crippen LogP contribution in [0.2, 0.25) is 0 Å². The Bertz CT molecular complexity index is 442. The van der Waals surface area contributed by atoms with Gasteiger partial charge in [-0.1, -0.05) is 12.1 Å². The van der Waals surface area contributed by atoms with Crippen molar-refractivity contribution in [1.82, 2.24) is 4.98 Å². The van der Waals surface area contributed by atoms with Crippen LogP contribution in [-0.2, 0) is 5.88 Å². The second-order valence-electron chi connectivity index (χ2n) is 2.81. The van der Waals surface area contributed by atoms with Gasteiger partial charge in [-0.2, -0.15) is 0 Å². The molecule has 13 heavy (non-hydrogen) atoms. The Morgan fingerprint density at radius 1 is 1.31 bits per heavy atom. The van der Waals surface area contributed by atoms with Gasteiger partial charge in [0.15, 0.2) is 0 Å². The molecule has 1 aromatic carbocycles. The molecule has 1 heterocycles. The Morgan fingerprint density at radius 2 is 2.15 bits per heavy atom. The zero-order valence-electron chi connectivity index (χ0n) is 6.80. The first kappa shape index (κ1) is 8.97. The van der Waals surface area contributed by atoms with Crippen molar-refractivity contribution in [1.29, 1.82) is 0 Å². The average molecular weight is 257 g/mol. The van der Waals surface area contributed by atoms with Crippen LogP contribution in [0, 0.1) is 0 Å². The van der Waals surface area contributed by atoms with Crippen LogP contribution in [0.3, 0.4) is 0 Å². The molecule has 3 heteroatoms. The lowest BCUT2D eigenvalue weighted by atomic mass is 10.1. The van der Waals surface area contributed by atoms with E-state index < -0.39 is 0 Å². The molecule has 1 aromatic heterocycles. The first-order chi connectivity index (χ1) is 6.31. The summed E-state index contributed by atoms with van der Waals surface area (Å²) in [5.41, 5.74) is 1.13. The van der Waals surface area contributed by atoms with Gasteiger partial charge in [-0.05, 0) is 32.9 Å². The van der Waals surface area contributed by atoms with Gasteiger partial charge in [-0.3, -0.25) is 4.98 Å². The summed E-state index contributed by atoms with van der Waals surface area (Å²) in [5.74, 6) is 0.546. The number of benzene rings is 1. The number of halogens is 2. The third kappa shape index (κ3) is 1.69. The van der Waals surface area contributed by atoms with E-state index in [4.69, 9.17) is 11.6 Å². The third-order valence-corrected chi connectivity index (χ3v) is 2.87. The monoisotopic (exact) mass is 255 g/mol. The van der Waals surface area contributed by atoms with Gasteiger partial charge in [0.25, 0.3) is 0 Å². The Kier molecular flexibility index (Phi) is 2.51. The van der Waals surface area contributed by atoms with Gasteiger partial charge in [0.2, 0.25) is 0 Å². The lowest BCUT2D eigenvalue weighted by Crippen LogP contribution is -1.81. The summed E-state index contributed by atoms with van der Waals surface area (Å²) in [6.07, 6.45) is 3.64. The zero-order chi connectivity index (χ0) is 9.26. The van der Waals surface area contributed by atoms with E-state index in [9.17, 15) is 0 Å². The number of aromatic nitrogens is 1. The predicted octanol–water partition coefficient (Wildman–Crippen LogP) is 3.74. The molecule has 1 nitrogen and oxygen atoms in total. The normalized spacial score (nSPS) is 10.6. The molecule has 0 aliphatic carbocycles. The molecule has 66 valence electrons. The van der Waals surface area contributed by atoms with Crippen LogP contribution in [0.4, 0.5) is 0 Å². The minimum atomic E-state index is 0.546. The standard InChI is InChI=1S/C10H7BrClN/c11-10-6-13-5-8-2-1-7(4-12)3-9(8)10/h1-3,5-6H,4H2. The van der Waals surface area contributed by atoms with Crippen molar-refractivity contribution in [2.24, 2.45) is 0 Å². The summed E-state index contributed by atoms with van der Waals surface area (Å²) >= 11 is 9.20. The van der Waals surface area contributed by atoms with Crippen molar-refractivity contribution in [3.63, 3.8) is 0 Å². The number of nitrogens with zero attached hydrogens (tertiary/aromatic N) is 1. The maximum absolute atomic E-state index is 5.75. The van der Waals surface area contributed by atoms with E-state index in [1.165, 1.54) is 0 Å². The van der Waals surface area contributed by atoms with Crippen LogP contribution in [0.15, 0.2) is 35.1 Å². The van der Waals surface area contributed by atoms with Crippen LogP contribution in [-0.4, -0.2) is 4.98 Å². The topological polar surface area (TPSA) is 12.9 Å². The molecule has 2 rings (SSSR count). The molecule has 0 aliphatic heterocycles. The summed E-state index contributed by atoms with van der Waals surface area (Å²) < 4.78 is 1.01. The molecule has 2 aromatic rings. The van der Waals surface area contributed by atoms with Crippen LogP contribution < -0.4 is 0 Å². The van der Waals surface area contributed by atoms with Crippen LogP contribution in [0.25, 0.3) is 10.8 Å². The summed E-state index contributed by atoms with van der Waals surface area (Å²) in [6.45, 7) is 0. The molecule has 0 saturated heterocycles. The maximum atomic E-state index is 5.75. The molecule has 0 bridgehead atoms. The van der Waals surface area contributed by atoms with Gasteiger partial charge in [0.1, 0.15) is 0 Å². The molecule has 0 saturated carbocycles. The van der Waals surface area contributed by atoms with Crippen molar-refractivity contribution >= 4 is 38.3 Å². The van der Waals surface area contributed by atoms with Gasteiger partial charge < -0.3 is 0 Å². The largest absolute Gasteiger partial charge is 0.263 e. The summed E-state index contributed by atoms with van der Waals surface area (Å²) in [5, 5.41) is 2.29. The Morgan fingerprint density at radius 3 is 2.92 bits per heavy atom.